The van der Waals surface area contributed by atoms with Gasteiger partial charge in [-0.15, -0.1) is 0 Å². The van der Waals surface area contributed by atoms with Gasteiger partial charge in [-0.1, -0.05) is 37.3 Å². The third-order valence-electron chi connectivity index (χ3n) is 8.20. The molecule has 5 atom stereocenters. The van der Waals surface area contributed by atoms with Crippen molar-refractivity contribution in [3.63, 3.8) is 0 Å². The summed E-state index contributed by atoms with van der Waals surface area (Å²) in [6.45, 7) is 2.89. The highest BCUT2D eigenvalue weighted by molar-refractivity contribution is 5.50. The van der Waals surface area contributed by atoms with Crippen molar-refractivity contribution >= 4 is 0 Å². The van der Waals surface area contributed by atoms with Crippen molar-refractivity contribution in [1.29, 1.82) is 0 Å². The third-order valence-corrected chi connectivity index (χ3v) is 8.20. The Bertz CT molecular complexity index is 877. The van der Waals surface area contributed by atoms with E-state index in [1.54, 1.807) is 7.11 Å². The van der Waals surface area contributed by atoms with Crippen LogP contribution in [-0.4, -0.2) is 18.3 Å². The largest absolute Gasteiger partial charge is 0.493 e. The Hall–Kier alpha value is -2.00. The summed E-state index contributed by atoms with van der Waals surface area (Å²) in [7, 11) is 1.74. The number of rotatable bonds is 4. The zero-order chi connectivity index (χ0) is 20.0. The molecule has 3 aliphatic carbocycles. The molecule has 0 amide bonds. The van der Waals surface area contributed by atoms with E-state index >= 15 is 0 Å². The highest BCUT2D eigenvalue weighted by atomic mass is 16.5. The van der Waals surface area contributed by atoms with E-state index in [-0.39, 0.29) is 11.5 Å². The Balaban J connectivity index is 1.41. The average molecular weight is 393 g/mol. The number of aryl methyl sites for hydroxylation is 1. The predicted molar refractivity (Wildman–Crippen MR) is 114 cm³/mol. The van der Waals surface area contributed by atoms with Gasteiger partial charge >= 0.3 is 0 Å². The molecule has 0 unspecified atom stereocenters. The Kier molecular flexibility index (Phi) is 4.82. The molecule has 0 aliphatic heterocycles. The molecule has 0 heterocycles. The maximum atomic E-state index is 10.6. The van der Waals surface area contributed by atoms with E-state index in [1.807, 2.05) is 18.2 Å². The number of fused-ring (bicyclic) bond motifs is 5. The molecule has 3 heteroatoms. The van der Waals surface area contributed by atoms with Gasteiger partial charge in [0.1, 0.15) is 6.61 Å². The van der Waals surface area contributed by atoms with Crippen LogP contribution in [0.3, 0.4) is 0 Å². The second-order valence-electron chi connectivity index (χ2n) is 9.53. The van der Waals surface area contributed by atoms with Crippen molar-refractivity contribution in [2.45, 2.75) is 64.1 Å². The first-order chi connectivity index (χ1) is 14.1. The number of hydrogen-bond acceptors (Lipinski definition) is 3. The minimum atomic E-state index is -0.113. The number of aliphatic hydroxyl groups excluding tert-OH is 1. The lowest BCUT2D eigenvalue weighted by molar-refractivity contribution is -0.0226. The zero-order valence-electron chi connectivity index (χ0n) is 17.6. The van der Waals surface area contributed by atoms with Gasteiger partial charge in [-0.2, -0.15) is 0 Å². The van der Waals surface area contributed by atoms with E-state index in [4.69, 9.17) is 9.47 Å². The molecule has 0 aromatic heterocycles. The van der Waals surface area contributed by atoms with E-state index < -0.39 is 0 Å². The molecule has 5 rings (SSSR count). The third kappa shape index (κ3) is 3.15. The first-order valence-corrected chi connectivity index (χ1v) is 11.2. The van der Waals surface area contributed by atoms with Crippen LogP contribution in [0.4, 0.5) is 0 Å². The summed E-state index contributed by atoms with van der Waals surface area (Å²) in [5, 5.41) is 10.6. The molecular weight excluding hydrogens is 360 g/mol. The van der Waals surface area contributed by atoms with Gasteiger partial charge in [-0.3, -0.25) is 0 Å². The number of hydrogen-bond donors (Lipinski definition) is 1. The summed E-state index contributed by atoms with van der Waals surface area (Å²) in [6, 6.07) is 14.8. The van der Waals surface area contributed by atoms with Crippen molar-refractivity contribution in [2.75, 3.05) is 7.11 Å². The van der Waals surface area contributed by atoms with Crippen LogP contribution in [-0.2, 0) is 13.0 Å². The Morgan fingerprint density at radius 2 is 1.86 bits per heavy atom. The summed E-state index contributed by atoms with van der Waals surface area (Å²) >= 11 is 0. The smallest absolute Gasteiger partial charge is 0.161 e. The standard InChI is InChI=1S/C26H32O3/c1-26-13-12-19-20(22(26)10-11-25(26)27)9-8-18-14-24(23(28-2)15-21(18)19)29-16-17-6-4-3-5-7-17/h3-7,14-15,19-20,22,25,27H,8-13,16H2,1-2H3/t19-,20+,22-,25+,26-/m0/s1. The van der Waals surface area contributed by atoms with Gasteiger partial charge in [-0.25, -0.2) is 0 Å². The number of aliphatic hydroxyl groups is 1. The van der Waals surface area contributed by atoms with E-state index in [0.29, 0.717) is 24.4 Å². The van der Waals surface area contributed by atoms with Crippen LogP contribution in [0.5, 0.6) is 11.5 Å². The van der Waals surface area contributed by atoms with Gasteiger partial charge in [0.2, 0.25) is 0 Å². The zero-order valence-corrected chi connectivity index (χ0v) is 17.6. The van der Waals surface area contributed by atoms with Crippen molar-refractivity contribution in [2.24, 2.45) is 17.3 Å². The van der Waals surface area contributed by atoms with E-state index in [1.165, 1.54) is 36.0 Å². The van der Waals surface area contributed by atoms with Crippen LogP contribution < -0.4 is 9.47 Å². The summed E-state index contributed by atoms with van der Waals surface area (Å²) in [5.74, 6) is 3.65. The molecule has 2 aromatic rings. The van der Waals surface area contributed by atoms with Crippen LogP contribution in [0.15, 0.2) is 42.5 Å². The van der Waals surface area contributed by atoms with Crippen molar-refractivity contribution in [1.82, 2.24) is 0 Å². The lowest BCUT2D eigenvalue weighted by Crippen LogP contribution is -2.43. The van der Waals surface area contributed by atoms with Crippen molar-refractivity contribution in [3.8, 4) is 11.5 Å². The van der Waals surface area contributed by atoms with Gasteiger partial charge in [0.05, 0.1) is 13.2 Å². The lowest BCUT2D eigenvalue weighted by atomic mass is 9.55. The Morgan fingerprint density at radius 1 is 1.03 bits per heavy atom. The van der Waals surface area contributed by atoms with Crippen molar-refractivity contribution < 1.29 is 14.6 Å². The first-order valence-electron chi connectivity index (χ1n) is 11.2. The molecule has 2 aromatic carbocycles. The van der Waals surface area contributed by atoms with Crippen LogP contribution in [0.2, 0.25) is 0 Å². The second kappa shape index (κ2) is 7.36. The normalized spacial score (nSPS) is 32.8. The van der Waals surface area contributed by atoms with Crippen LogP contribution in [0.25, 0.3) is 0 Å². The Labute approximate surface area is 174 Å². The quantitative estimate of drug-likeness (QED) is 0.748. The molecule has 0 spiro atoms. The minimum Gasteiger partial charge on any atom is -0.493 e. The molecule has 0 radical (unpaired) electrons. The molecule has 0 bridgehead atoms. The topological polar surface area (TPSA) is 38.7 Å². The van der Waals surface area contributed by atoms with Crippen LogP contribution >= 0.6 is 0 Å². The van der Waals surface area contributed by atoms with Gasteiger partial charge in [0.15, 0.2) is 11.5 Å². The highest BCUT2D eigenvalue weighted by Crippen LogP contribution is 2.61. The minimum absolute atomic E-state index is 0.113. The van der Waals surface area contributed by atoms with Gasteiger partial charge in [0, 0.05) is 0 Å². The van der Waals surface area contributed by atoms with Gasteiger partial charge < -0.3 is 14.6 Å². The molecule has 154 valence electrons. The van der Waals surface area contributed by atoms with Gasteiger partial charge in [0.25, 0.3) is 0 Å². The number of methoxy groups -OCH3 is 1. The molecular formula is C26H32O3. The monoisotopic (exact) mass is 392 g/mol. The molecule has 3 aliphatic rings. The number of benzene rings is 2. The fourth-order valence-electron chi connectivity index (χ4n) is 6.56. The molecule has 2 fully saturated rings. The SMILES string of the molecule is COc1cc2c(cc1OCc1ccccc1)CC[C@@H]1[C@@H]2CC[C@]2(C)[C@H](O)CC[C@@H]12. The molecule has 0 saturated heterocycles. The fourth-order valence-corrected chi connectivity index (χ4v) is 6.56. The van der Waals surface area contributed by atoms with Crippen LogP contribution in [0.1, 0.15) is 61.6 Å². The summed E-state index contributed by atoms with van der Waals surface area (Å²) < 4.78 is 11.9. The van der Waals surface area contributed by atoms with E-state index in [9.17, 15) is 5.11 Å². The van der Waals surface area contributed by atoms with Crippen molar-refractivity contribution in [3.05, 3.63) is 59.2 Å². The Morgan fingerprint density at radius 3 is 2.66 bits per heavy atom. The highest BCUT2D eigenvalue weighted by Gasteiger charge is 2.54. The van der Waals surface area contributed by atoms with Crippen LogP contribution in [0, 0.1) is 17.3 Å². The fraction of sp³-hybridized carbons (Fsp3) is 0.538. The molecule has 29 heavy (non-hydrogen) atoms. The molecule has 3 nitrogen and oxygen atoms in total. The number of ether oxygens (including phenoxy) is 2. The molecule has 2 saturated carbocycles. The maximum Gasteiger partial charge on any atom is 0.161 e. The lowest BCUT2D eigenvalue weighted by Gasteiger charge is -2.50. The average Bonchev–Trinajstić information content (AvgIpc) is 3.06. The first kappa shape index (κ1) is 19.0. The summed E-state index contributed by atoms with van der Waals surface area (Å²) in [4.78, 5) is 0. The van der Waals surface area contributed by atoms with E-state index in [2.05, 4.69) is 31.2 Å². The van der Waals surface area contributed by atoms with Gasteiger partial charge in [-0.05, 0) is 90.5 Å². The summed E-state index contributed by atoms with van der Waals surface area (Å²) in [6.07, 6.45) is 6.69. The summed E-state index contributed by atoms with van der Waals surface area (Å²) in [5.41, 5.74) is 4.19. The van der Waals surface area contributed by atoms with E-state index in [0.717, 1.165) is 30.8 Å². The molecule has 1 N–H and O–H groups in total. The maximum absolute atomic E-state index is 10.6. The predicted octanol–water partition coefficient (Wildman–Crippen LogP) is 5.49. The second-order valence-corrected chi connectivity index (χ2v) is 9.53.